The number of pyridine rings is 1. The maximum atomic E-state index is 13.3. The van der Waals surface area contributed by atoms with Crippen LogP contribution < -0.4 is 5.32 Å². The Morgan fingerprint density at radius 3 is 2.71 bits per heavy atom. The molecule has 2 aromatic carbocycles. The lowest BCUT2D eigenvalue weighted by atomic mass is 10.1. The van der Waals surface area contributed by atoms with Gasteiger partial charge in [0, 0.05) is 17.6 Å². The smallest absolute Gasteiger partial charge is 0.243 e. The van der Waals surface area contributed by atoms with Crippen molar-refractivity contribution in [3.63, 3.8) is 0 Å². The highest BCUT2D eigenvalue weighted by molar-refractivity contribution is 6.30. The summed E-state index contributed by atoms with van der Waals surface area (Å²) < 4.78 is 2.09. The van der Waals surface area contributed by atoms with E-state index in [0.29, 0.717) is 18.0 Å². The Bertz CT molecular complexity index is 1170. The maximum absolute atomic E-state index is 13.3. The minimum absolute atomic E-state index is 0.0250. The third-order valence-electron chi connectivity index (χ3n) is 5.27. The number of nitrogens with zero attached hydrogens (tertiary/aromatic N) is 3. The van der Waals surface area contributed by atoms with E-state index in [1.165, 1.54) is 0 Å². The molecule has 0 aliphatic heterocycles. The Hall–Kier alpha value is -3.18. The highest BCUT2D eigenvalue weighted by Gasteiger charge is 2.25. The molecule has 31 heavy (non-hydrogen) atoms. The fourth-order valence-electron chi connectivity index (χ4n) is 3.85. The molecule has 0 fully saturated rings. The van der Waals surface area contributed by atoms with Gasteiger partial charge in [-0.25, -0.2) is 4.98 Å². The van der Waals surface area contributed by atoms with Crippen LogP contribution in [0.3, 0.4) is 0 Å². The second-order valence-electron chi connectivity index (χ2n) is 7.54. The Kier molecular flexibility index (Phi) is 6.63. The van der Waals surface area contributed by atoms with Crippen molar-refractivity contribution in [1.29, 1.82) is 0 Å². The van der Waals surface area contributed by atoms with Gasteiger partial charge in [0.1, 0.15) is 11.9 Å². The zero-order valence-corrected chi connectivity index (χ0v) is 18.2. The Morgan fingerprint density at radius 2 is 1.94 bits per heavy atom. The molecule has 0 radical (unpaired) electrons. The van der Waals surface area contributed by atoms with Crippen molar-refractivity contribution >= 4 is 28.5 Å². The largest absolute Gasteiger partial charge is 0.349 e. The van der Waals surface area contributed by atoms with Crippen LogP contribution in [-0.4, -0.2) is 20.4 Å². The number of fused-ring (bicyclic) bond motifs is 1. The molecule has 6 heteroatoms. The number of imidazole rings is 1. The molecule has 4 rings (SSSR count). The summed E-state index contributed by atoms with van der Waals surface area (Å²) in [4.78, 5) is 22.5. The van der Waals surface area contributed by atoms with Crippen molar-refractivity contribution in [1.82, 2.24) is 19.9 Å². The van der Waals surface area contributed by atoms with Crippen LogP contribution in [-0.2, 0) is 17.8 Å². The first-order valence-corrected chi connectivity index (χ1v) is 10.9. The van der Waals surface area contributed by atoms with Gasteiger partial charge in [-0.05, 0) is 48.4 Å². The van der Waals surface area contributed by atoms with Crippen LogP contribution in [0.2, 0.25) is 5.02 Å². The molecule has 5 nitrogen and oxygen atoms in total. The van der Waals surface area contributed by atoms with Gasteiger partial charge in [0.2, 0.25) is 5.91 Å². The van der Waals surface area contributed by atoms with Crippen molar-refractivity contribution < 1.29 is 4.79 Å². The van der Waals surface area contributed by atoms with Crippen LogP contribution in [0.4, 0.5) is 0 Å². The number of nitrogens with one attached hydrogen (secondary N) is 1. The van der Waals surface area contributed by atoms with Gasteiger partial charge in [-0.3, -0.25) is 9.78 Å². The number of halogens is 1. The summed E-state index contributed by atoms with van der Waals surface area (Å²) in [7, 11) is 0. The first-order valence-electron chi connectivity index (χ1n) is 10.5. The van der Waals surface area contributed by atoms with Gasteiger partial charge < -0.3 is 9.88 Å². The molecule has 1 amide bonds. The van der Waals surface area contributed by atoms with Gasteiger partial charge in [0.15, 0.2) is 0 Å². The van der Waals surface area contributed by atoms with E-state index in [2.05, 4.69) is 21.8 Å². The number of benzene rings is 2. The number of aromatic nitrogens is 3. The third-order valence-corrected chi connectivity index (χ3v) is 5.50. The molecule has 0 bridgehead atoms. The van der Waals surface area contributed by atoms with Gasteiger partial charge in [-0.1, -0.05) is 55.3 Å². The molecular formula is C25H25ClN4O. The highest BCUT2D eigenvalue weighted by Crippen LogP contribution is 2.27. The number of hydrogen-bond acceptors (Lipinski definition) is 3. The van der Waals surface area contributed by atoms with Crippen LogP contribution in [0.15, 0.2) is 72.9 Å². The van der Waals surface area contributed by atoms with Crippen molar-refractivity contribution in [2.24, 2.45) is 0 Å². The van der Waals surface area contributed by atoms with Crippen LogP contribution in [0.1, 0.15) is 42.9 Å². The molecule has 0 aliphatic rings. The van der Waals surface area contributed by atoms with Gasteiger partial charge in [-0.15, -0.1) is 0 Å². The first kappa shape index (κ1) is 21.1. The summed E-state index contributed by atoms with van der Waals surface area (Å²) in [6, 6.07) is 21.1. The number of para-hydroxylation sites is 2. The van der Waals surface area contributed by atoms with Crippen LogP contribution in [0.25, 0.3) is 11.0 Å². The zero-order chi connectivity index (χ0) is 21.6. The zero-order valence-electron chi connectivity index (χ0n) is 17.5. The fourth-order valence-corrected chi connectivity index (χ4v) is 4.06. The molecule has 1 N–H and O–H groups in total. The van der Waals surface area contributed by atoms with E-state index in [9.17, 15) is 4.79 Å². The van der Waals surface area contributed by atoms with Crippen LogP contribution in [0.5, 0.6) is 0 Å². The lowest BCUT2D eigenvalue weighted by Crippen LogP contribution is -2.33. The summed E-state index contributed by atoms with van der Waals surface area (Å²) in [6.45, 7) is 2.49. The second-order valence-corrected chi connectivity index (χ2v) is 7.97. The highest BCUT2D eigenvalue weighted by atomic mass is 35.5. The first-order chi connectivity index (χ1) is 15.2. The quantitative estimate of drug-likeness (QED) is 0.409. The van der Waals surface area contributed by atoms with E-state index in [-0.39, 0.29) is 11.9 Å². The Labute approximate surface area is 187 Å². The van der Waals surface area contributed by atoms with E-state index in [1.807, 2.05) is 66.7 Å². The molecule has 0 saturated heterocycles. The van der Waals surface area contributed by atoms with Gasteiger partial charge in [-0.2, -0.15) is 0 Å². The summed E-state index contributed by atoms with van der Waals surface area (Å²) in [6.07, 6.45) is 3.93. The van der Waals surface area contributed by atoms with Crippen molar-refractivity contribution in [3.05, 3.63) is 95.0 Å². The van der Waals surface area contributed by atoms with Crippen molar-refractivity contribution in [3.8, 4) is 0 Å². The van der Waals surface area contributed by atoms with Crippen molar-refractivity contribution in [2.45, 2.75) is 38.8 Å². The molecule has 1 unspecified atom stereocenters. The maximum Gasteiger partial charge on any atom is 0.243 e. The summed E-state index contributed by atoms with van der Waals surface area (Å²) in [5, 5.41) is 3.76. The van der Waals surface area contributed by atoms with Gasteiger partial charge >= 0.3 is 0 Å². The average Bonchev–Trinajstić information content (AvgIpc) is 3.14. The van der Waals surface area contributed by atoms with E-state index in [0.717, 1.165) is 41.0 Å². The number of carbonyl (C=O) groups is 1. The lowest BCUT2D eigenvalue weighted by molar-refractivity contribution is -0.124. The van der Waals surface area contributed by atoms with E-state index in [4.69, 9.17) is 16.6 Å². The van der Waals surface area contributed by atoms with E-state index in [1.54, 1.807) is 6.20 Å². The topological polar surface area (TPSA) is 59.8 Å². The summed E-state index contributed by atoms with van der Waals surface area (Å²) >= 11 is 6.19. The molecule has 1 atom stereocenters. The number of hydrogen-bond donors (Lipinski definition) is 1. The van der Waals surface area contributed by atoms with Crippen LogP contribution >= 0.6 is 11.6 Å². The molecule has 4 aromatic rings. The predicted molar refractivity (Wildman–Crippen MR) is 124 cm³/mol. The average molecular weight is 433 g/mol. The summed E-state index contributed by atoms with van der Waals surface area (Å²) in [5.74, 6) is 0.831. The molecule has 0 saturated carbocycles. The third kappa shape index (κ3) is 4.94. The molecular weight excluding hydrogens is 408 g/mol. The molecule has 0 spiro atoms. The second kappa shape index (κ2) is 9.75. The Morgan fingerprint density at radius 1 is 1.10 bits per heavy atom. The van der Waals surface area contributed by atoms with Gasteiger partial charge in [0.25, 0.3) is 0 Å². The van der Waals surface area contributed by atoms with Gasteiger partial charge in [0.05, 0.1) is 23.3 Å². The molecule has 2 aromatic heterocycles. The van der Waals surface area contributed by atoms with E-state index >= 15 is 0 Å². The summed E-state index contributed by atoms with van der Waals surface area (Å²) in [5.41, 5.74) is 3.75. The minimum atomic E-state index is -0.352. The molecule has 0 aliphatic carbocycles. The van der Waals surface area contributed by atoms with Crippen molar-refractivity contribution in [2.75, 3.05) is 0 Å². The Balaban J connectivity index is 1.69. The normalized spacial score (nSPS) is 12.1. The number of amides is 1. The number of rotatable bonds is 8. The molecule has 158 valence electrons. The number of carbonyl (C=O) groups excluding carboxylic acids is 1. The molecule has 2 heterocycles. The standard InChI is InChI=1S/C25H25ClN4O/c1-2-8-23(25(31)28-17-20-11-5-6-14-27-20)30-22-13-4-3-12-21(22)29-24(30)16-18-9-7-10-19(26)15-18/h3-7,9-15,23H,2,8,16-17H2,1H3,(H,28,31). The SMILES string of the molecule is CCCC(C(=O)NCc1ccccn1)n1c(Cc2cccc(Cl)c2)nc2ccccc21. The minimum Gasteiger partial charge on any atom is -0.349 e. The van der Waals surface area contributed by atoms with E-state index < -0.39 is 0 Å². The fraction of sp³-hybridized carbons (Fsp3) is 0.240. The van der Waals surface area contributed by atoms with Crippen LogP contribution in [0, 0.1) is 0 Å². The predicted octanol–water partition coefficient (Wildman–Crippen LogP) is 5.33. The lowest BCUT2D eigenvalue weighted by Gasteiger charge is -2.21. The monoisotopic (exact) mass is 432 g/mol.